The molecule has 8 heteroatoms. The van der Waals surface area contributed by atoms with Gasteiger partial charge in [-0.1, -0.05) is 33.6 Å². The van der Waals surface area contributed by atoms with Gasteiger partial charge in [0.05, 0.1) is 5.56 Å². The van der Waals surface area contributed by atoms with Crippen LogP contribution in [0.15, 0.2) is 40.9 Å². The molecule has 1 aliphatic heterocycles. The van der Waals surface area contributed by atoms with Crippen molar-refractivity contribution in [3.05, 3.63) is 62.6 Å². The van der Waals surface area contributed by atoms with E-state index >= 15 is 0 Å². The van der Waals surface area contributed by atoms with Crippen LogP contribution in [0.5, 0.6) is 5.75 Å². The molecule has 0 amide bonds. The molecule has 146 valence electrons. The molecule has 0 atom stereocenters. The highest BCUT2D eigenvalue weighted by molar-refractivity contribution is 9.10. The first-order valence-corrected chi connectivity index (χ1v) is 9.67. The molecule has 2 aromatic carbocycles. The van der Waals surface area contributed by atoms with Gasteiger partial charge in [0.25, 0.3) is 0 Å². The van der Waals surface area contributed by atoms with E-state index in [1.165, 1.54) is 0 Å². The molecule has 3 nitrogen and oxygen atoms in total. The van der Waals surface area contributed by atoms with Crippen molar-refractivity contribution >= 4 is 27.5 Å². The molecule has 2 aromatic rings. The van der Waals surface area contributed by atoms with Crippen LogP contribution in [0.3, 0.4) is 0 Å². The van der Waals surface area contributed by atoms with Gasteiger partial charge in [-0.15, -0.1) is 0 Å². The van der Waals surface area contributed by atoms with Crippen LogP contribution in [0.1, 0.15) is 16.7 Å². The lowest BCUT2D eigenvalue weighted by Gasteiger charge is -2.27. The summed E-state index contributed by atoms with van der Waals surface area (Å²) in [5.41, 5.74) is 0.633. The standard InChI is InChI=1S/C19H19BrClF3N2O/c20-18-6-16(21)2-1-14(18)11-27-17-4-12(3-15(5-17)19(22,23)24)7-25-8-13-9-26-10-13/h1-6,13,25-26H,7-11H2. The fourth-order valence-corrected chi connectivity index (χ4v) is 3.52. The SMILES string of the molecule is FC(F)(F)c1cc(CNCC2CNC2)cc(OCc2ccc(Cl)cc2Br)c1. The largest absolute Gasteiger partial charge is 0.489 e. The normalized spacial score (nSPS) is 14.9. The topological polar surface area (TPSA) is 33.3 Å². The fourth-order valence-electron chi connectivity index (χ4n) is 2.72. The van der Waals surface area contributed by atoms with E-state index in [9.17, 15) is 13.2 Å². The lowest BCUT2D eigenvalue weighted by atomic mass is 10.0. The Morgan fingerprint density at radius 1 is 1.19 bits per heavy atom. The van der Waals surface area contributed by atoms with Crippen LogP contribution >= 0.6 is 27.5 Å². The summed E-state index contributed by atoms with van der Waals surface area (Å²) in [6, 6.07) is 9.04. The summed E-state index contributed by atoms with van der Waals surface area (Å²) >= 11 is 9.29. The van der Waals surface area contributed by atoms with Crippen molar-refractivity contribution in [3.63, 3.8) is 0 Å². The zero-order chi connectivity index (χ0) is 19.4. The van der Waals surface area contributed by atoms with Gasteiger partial charge in [0, 0.05) is 41.2 Å². The number of hydrogen-bond acceptors (Lipinski definition) is 3. The summed E-state index contributed by atoms with van der Waals surface area (Å²) in [4.78, 5) is 0. The van der Waals surface area contributed by atoms with Crippen LogP contribution in [0.4, 0.5) is 13.2 Å². The first-order valence-electron chi connectivity index (χ1n) is 8.50. The minimum absolute atomic E-state index is 0.139. The molecule has 1 aliphatic rings. The van der Waals surface area contributed by atoms with Crippen LogP contribution in [0.25, 0.3) is 0 Å². The monoisotopic (exact) mass is 462 g/mol. The zero-order valence-electron chi connectivity index (χ0n) is 14.4. The van der Waals surface area contributed by atoms with Crippen molar-refractivity contribution < 1.29 is 17.9 Å². The van der Waals surface area contributed by atoms with Gasteiger partial charge in [0.15, 0.2) is 0 Å². The summed E-state index contributed by atoms with van der Waals surface area (Å²) in [5, 5.41) is 6.95. The molecule has 0 aromatic heterocycles. The van der Waals surface area contributed by atoms with Crippen molar-refractivity contribution in [2.45, 2.75) is 19.3 Å². The second-order valence-corrected chi connectivity index (χ2v) is 7.83. The molecular weight excluding hydrogens is 445 g/mol. The number of nitrogens with one attached hydrogen (secondary N) is 2. The Morgan fingerprint density at radius 2 is 1.96 bits per heavy atom. The molecule has 27 heavy (non-hydrogen) atoms. The molecule has 1 fully saturated rings. The van der Waals surface area contributed by atoms with Crippen LogP contribution < -0.4 is 15.4 Å². The van der Waals surface area contributed by atoms with E-state index in [4.69, 9.17) is 16.3 Å². The molecule has 0 bridgehead atoms. The van der Waals surface area contributed by atoms with Gasteiger partial charge >= 0.3 is 6.18 Å². The summed E-state index contributed by atoms with van der Waals surface area (Å²) in [6.45, 7) is 3.16. The molecule has 0 unspecified atom stereocenters. The molecular formula is C19H19BrClF3N2O. The number of benzene rings is 2. The Kier molecular flexibility index (Phi) is 6.68. The van der Waals surface area contributed by atoms with E-state index in [1.54, 1.807) is 24.3 Å². The second kappa shape index (κ2) is 8.82. The van der Waals surface area contributed by atoms with E-state index in [1.807, 2.05) is 0 Å². The zero-order valence-corrected chi connectivity index (χ0v) is 16.7. The molecule has 2 N–H and O–H groups in total. The highest BCUT2D eigenvalue weighted by Gasteiger charge is 2.31. The van der Waals surface area contributed by atoms with Crippen molar-refractivity contribution in [2.75, 3.05) is 19.6 Å². The van der Waals surface area contributed by atoms with E-state index in [0.29, 0.717) is 23.0 Å². The van der Waals surface area contributed by atoms with E-state index in [2.05, 4.69) is 26.6 Å². The maximum atomic E-state index is 13.2. The van der Waals surface area contributed by atoms with E-state index < -0.39 is 11.7 Å². The van der Waals surface area contributed by atoms with Gasteiger partial charge in [0.1, 0.15) is 12.4 Å². The van der Waals surface area contributed by atoms with Crippen LogP contribution in [-0.2, 0) is 19.3 Å². The lowest BCUT2D eigenvalue weighted by Crippen LogP contribution is -2.47. The predicted octanol–water partition coefficient (Wildman–Crippen LogP) is 5.01. The number of ether oxygens (including phenoxy) is 1. The predicted molar refractivity (Wildman–Crippen MR) is 103 cm³/mol. The smallest absolute Gasteiger partial charge is 0.416 e. The summed E-state index contributed by atoms with van der Waals surface area (Å²) in [6.07, 6.45) is -4.42. The fraction of sp³-hybridized carbons (Fsp3) is 0.368. The Morgan fingerprint density at radius 3 is 2.59 bits per heavy atom. The van der Waals surface area contributed by atoms with Crippen molar-refractivity contribution in [3.8, 4) is 5.75 Å². The van der Waals surface area contributed by atoms with Crippen LogP contribution in [0, 0.1) is 5.92 Å². The summed E-state index contributed by atoms with van der Waals surface area (Å²) < 4.78 is 46.1. The van der Waals surface area contributed by atoms with Crippen LogP contribution in [0.2, 0.25) is 5.02 Å². The van der Waals surface area contributed by atoms with Gasteiger partial charge in [-0.25, -0.2) is 0 Å². The first kappa shape index (κ1) is 20.5. The Hall–Kier alpha value is -1.28. The summed E-state index contributed by atoms with van der Waals surface area (Å²) in [5.74, 6) is 0.725. The third-order valence-corrected chi connectivity index (χ3v) is 5.30. The summed E-state index contributed by atoms with van der Waals surface area (Å²) in [7, 11) is 0. The number of halogens is 5. The van der Waals surface area contributed by atoms with E-state index in [0.717, 1.165) is 41.8 Å². The van der Waals surface area contributed by atoms with E-state index in [-0.39, 0.29) is 12.4 Å². The van der Waals surface area contributed by atoms with Gasteiger partial charge < -0.3 is 15.4 Å². The quantitative estimate of drug-likeness (QED) is 0.606. The third kappa shape index (κ3) is 5.85. The lowest BCUT2D eigenvalue weighted by molar-refractivity contribution is -0.137. The van der Waals surface area contributed by atoms with Crippen molar-refractivity contribution in [1.29, 1.82) is 0 Å². The average Bonchev–Trinajstić information content (AvgIpc) is 2.55. The molecule has 3 rings (SSSR count). The van der Waals surface area contributed by atoms with Gasteiger partial charge in [0.2, 0.25) is 0 Å². The Balaban J connectivity index is 1.70. The van der Waals surface area contributed by atoms with Crippen molar-refractivity contribution in [1.82, 2.24) is 10.6 Å². The molecule has 1 saturated heterocycles. The van der Waals surface area contributed by atoms with Gasteiger partial charge in [-0.2, -0.15) is 13.2 Å². The maximum Gasteiger partial charge on any atom is 0.416 e. The molecule has 0 spiro atoms. The highest BCUT2D eigenvalue weighted by Crippen LogP contribution is 2.33. The average molecular weight is 464 g/mol. The van der Waals surface area contributed by atoms with Gasteiger partial charge in [-0.3, -0.25) is 0 Å². The van der Waals surface area contributed by atoms with Gasteiger partial charge in [-0.05, 0) is 41.8 Å². The molecule has 1 heterocycles. The van der Waals surface area contributed by atoms with Crippen LogP contribution in [-0.4, -0.2) is 19.6 Å². The number of alkyl halides is 3. The molecule has 0 radical (unpaired) electrons. The molecule has 0 saturated carbocycles. The first-order chi connectivity index (χ1) is 12.8. The minimum Gasteiger partial charge on any atom is -0.489 e. The highest BCUT2D eigenvalue weighted by atomic mass is 79.9. The number of rotatable bonds is 7. The Bertz CT molecular complexity index is 797. The third-order valence-electron chi connectivity index (χ3n) is 4.33. The number of hydrogen-bond donors (Lipinski definition) is 2. The second-order valence-electron chi connectivity index (χ2n) is 6.54. The molecule has 0 aliphatic carbocycles. The van der Waals surface area contributed by atoms with Crippen molar-refractivity contribution in [2.24, 2.45) is 5.92 Å². The minimum atomic E-state index is -4.42. The maximum absolute atomic E-state index is 13.2. The Labute approximate surface area is 169 Å².